The molecule has 7 heteroatoms. The van der Waals surface area contributed by atoms with Crippen molar-refractivity contribution in [2.24, 2.45) is 0 Å². The zero-order valence-corrected chi connectivity index (χ0v) is 15.9. The minimum atomic E-state index is -3.50. The number of halogens is 1. The highest BCUT2D eigenvalue weighted by Gasteiger charge is 2.19. The topological polar surface area (TPSA) is 75.3 Å². The van der Waals surface area contributed by atoms with Crippen molar-refractivity contribution >= 4 is 28.2 Å². The average Bonchev–Trinajstić information content (AvgIpc) is 2.60. The van der Waals surface area contributed by atoms with E-state index < -0.39 is 9.84 Å². The van der Waals surface area contributed by atoms with Crippen LogP contribution in [-0.4, -0.2) is 34.0 Å². The largest absolute Gasteiger partial charge is 0.350 e. The molecule has 1 unspecified atom stereocenters. The van der Waals surface area contributed by atoms with E-state index in [-0.39, 0.29) is 35.0 Å². The summed E-state index contributed by atoms with van der Waals surface area (Å²) in [5, 5.41) is 5.85. The Bertz CT molecular complexity index is 795. The van der Waals surface area contributed by atoms with E-state index in [0.29, 0.717) is 17.7 Å². The summed E-state index contributed by atoms with van der Waals surface area (Å²) in [5.41, 5.74) is 0.885. The summed E-state index contributed by atoms with van der Waals surface area (Å²) in [6, 6.07) is 15.2. The standard InChI is InChI=1S/C18H22N2O3S.ClH/c1-14(19-2)12-20-18(21)17-11-7-6-8-15(17)13-24(22,23)16-9-4-3-5-10-16;/h3-11,14,19H,12-13H2,1-2H3,(H,20,21);1H. The van der Waals surface area contributed by atoms with Gasteiger partial charge in [0.05, 0.1) is 10.6 Å². The zero-order valence-electron chi connectivity index (χ0n) is 14.2. The summed E-state index contributed by atoms with van der Waals surface area (Å²) in [6.07, 6.45) is 0. The summed E-state index contributed by atoms with van der Waals surface area (Å²) in [4.78, 5) is 12.6. The Hall–Kier alpha value is -1.89. The fourth-order valence-corrected chi connectivity index (χ4v) is 3.63. The van der Waals surface area contributed by atoms with Gasteiger partial charge in [0.2, 0.25) is 0 Å². The number of benzene rings is 2. The number of carbonyl (C=O) groups is 1. The van der Waals surface area contributed by atoms with Gasteiger partial charge in [0.25, 0.3) is 5.91 Å². The molecule has 136 valence electrons. The molecule has 5 nitrogen and oxygen atoms in total. The van der Waals surface area contributed by atoms with Gasteiger partial charge < -0.3 is 10.6 Å². The molecule has 0 aliphatic rings. The van der Waals surface area contributed by atoms with Gasteiger partial charge in [-0.1, -0.05) is 36.4 Å². The maximum atomic E-state index is 12.5. The van der Waals surface area contributed by atoms with Gasteiger partial charge >= 0.3 is 0 Å². The molecule has 0 bridgehead atoms. The lowest BCUT2D eigenvalue weighted by atomic mass is 10.1. The zero-order chi connectivity index (χ0) is 17.6. The molecule has 25 heavy (non-hydrogen) atoms. The predicted octanol–water partition coefficient (Wildman–Crippen LogP) is 2.42. The highest BCUT2D eigenvalue weighted by atomic mass is 35.5. The first-order valence-electron chi connectivity index (χ1n) is 7.75. The van der Waals surface area contributed by atoms with Crippen LogP contribution in [0, 0.1) is 0 Å². The quantitative estimate of drug-likeness (QED) is 0.771. The van der Waals surface area contributed by atoms with Gasteiger partial charge in [-0.3, -0.25) is 4.79 Å². The second kappa shape index (κ2) is 9.56. The molecule has 2 N–H and O–H groups in total. The van der Waals surface area contributed by atoms with Crippen molar-refractivity contribution in [2.75, 3.05) is 13.6 Å². The number of rotatable bonds is 7. The van der Waals surface area contributed by atoms with Gasteiger partial charge in [-0.2, -0.15) is 0 Å². The van der Waals surface area contributed by atoms with Crippen molar-refractivity contribution in [1.29, 1.82) is 0 Å². The second-order valence-corrected chi connectivity index (χ2v) is 7.62. The molecule has 0 aliphatic heterocycles. The second-order valence-electron chi connectivity index (χ2n) is 5.63. The van der Waals surface area contributed by atoms with Crippen LogP contribution in [0.15, 0.2) is 59.5 Å². The molecule has 0 aliphatic carbocycles. The molecule has 0 fully saturated rings. The van der Waals surface area contributed by atoms with Crippen LogP contribution in [0.1, 0.15) is 22.8 Å². The summed E-state index contributed by atoms with van der Waals surface area (Å²) < 4.78 is 25.1. The van der Waals surface area contributed by atoms with E-state index in [9.17, 15) is 13.2 Å². The Morgan fingerprint density at radius 1 is 1.04 bits per heavy atom. The molecule has 1 atom stereocenters. The van der Waals surface area contributed by atoms with E-state index in [2.05, 4.69) is 10.6 Å². The molecular weight excluding hydrogens is 360 g/mol. The molecule has 0 aromatic heterocycles. The first-order chi connectivity index (χ1) is 11.4. The molecule has 2 aromatic carbocycles. The van der Waals surface area contributed by atoms with Crippen molar-refractivity contribution in [2.45, 2.75) is 23.6 Å². The normalized spacial score (nSPS) is 12.1. The summed E-state index contributed by atoms with van der Waals surface area (Å²) in [6.45, 7) is 2.42. The first-order valence-corrected chi connectivity index (χ1v) is 9.40. The Morgan fingerprint density at radius 2 is 1.64 bits per heavy atom. The molecule has 0 radical (unpaired) electrons. The Kier molecular flexibility index (Phi) is 8.09. The minimum Gasteiger partial charge on any atom is -0.350 e. The van der Waals surface area contributed by atoms with E-state index in [1.54, 1.807) is 54.6 Å². The molecule has 0 saturated heterocycles. The minimum absolute atomic E-state index is 0. The first kappa shape index (κ1) is 21.2. The number of hydrogen-bond donors (Lipinski definition) is 2. The van der Waals surface area contributed by atoms with E-state index in [4.69, 9.17) is 0 Å². The third kappa shape index (κ3) is 5.85. The highest BCUT2D eigenvalue weighted by Crippen LogP contribution is 2.19. The third-order valence-corrected chi connectivity index (χ3v) is 5.45. The van der Waals surface area contributed by atoms with Crippen molar-refractivity contribution in [3.63, 3.8) is 0 Å². The highest BCUT2D eigenvalue weighted by molar-refractivity contribution is 7.90. The number of hydrogen-bond acceptors (Lipinski definition) is 4. The Morgan fingerprint density at radius 3 is 2.28 bits per heavy atom. The van der Waals surface area contributed by atoms with Crippen molar-refractivity contribution in [3.8, 4) is 0 Å². The van der Waals surface area contributed by atoms with Gasteiger partial charge in [0.1, 0.15) is 0 Å². The van der Waals surface area contributed by atoms with E-state index >= 15 is 0 Å². The van der Waals surface area contributed by atoms with Gasteiger partial charge in [-0.05, 0) is 37.7 Å². The summed E-state index contributed by atoms with van der Waals surface area (Å²) in [7, 11) is -1.68. The smallest absolute Gasteiger partial charge is 0.251 e. The lowest BCUT2D eigenvalue weighted by Crippen LogP contribution is -2.37. The molecule has 0 spiro atoms. The van der Waals surface area contributed by atoms with Crippen LogP contribution < -0.4 is 10.6 Å². The van der Waals surface area contributed by atoms with Gasteiger partial charge in [0, 0.05) is 18.2 Å². The van der Waals surface area contributed by atoms with Crippen LogP contribution in [0.3, 0.4) is 0 Å². The number of carbonyl (C=O) groups excluding carboxylic acids is 1. The van der Waals surface area contributed by atoms with Crippen molar-refractivity contribution < 1.29 is 13.2 Å². The number of amides is 1. The van der Waals surface area contributed by atoms with Gasteiger partial charge in [-0.25, -0.2) is 8.42 Å². The maximum Gasteiger partial charge on any atom is 0.251 e. The van der Waals surface area contributed by atoms with Crippen LogP contribution in [0.4, 0.5) is 0 Å². The lowest BCUT2D eigenvalue weighted by Gasteiger charge is -2.14. The monoisotopic (exact) mass is 382 g/mol. The fourth-order valence-electron chi connectivity index (χ4n) is 2.23. The molecule has 2 rings (SSSR count). The van der Waals surface area contributed by atoms with Crippen LogP contribution in [-0.2, 0) is 15.6 Å². The molecule has 1 amide bonds. The van der Waals surface area contributed by atoms with Crippen molar-refractivity contribution in [1.82, 2.24) is 10.6 Å². The lowest BCUT2D eigenvalue weighted by molar-refractivity contribution is 0.0950. The van der Waals surface area contributed by atoms with E-state index in [1.807, 2.05) is 14.0 Å². The molecule has 2 aromatic rings. The summed E-state index contributed by atoms with van der Waals surface area (Å²) in [5.74, 6) is -0.474. The number of likely N-dealkylation sites (N-methyl/N-ethyl adjacent to an activating group) is 1. The van der Waals surface area contributed by atoms with E-state index in [1.165, 1.54) is 0 Å². The summed E-state index contributed by atoms with van der Waals surface area (Å²) >= 11 is 0. The van der Waals surface area contributed by atoms with Crippen LogP contribution in [0.5, 0.6) is 0 Å². The molecule has 0 saturated carbocycles. The van der Waals surface area contributed by atoms with Crippen molar-refractivity contribution in [3.05, 3.63) is 65.7 Å². The Labute approximate surface area is 155 Å². The maximum absolute atomic E-state index is 12.5. The average molecular weight is 383 g/mol. The van der Waals surface area contributed by atoms with Crippen LogP contribution >= 0.6 is 12.4 Å². The molecule has 0 heterocycles. The van der Waals surface area contributed by atoms with Crippen LogP contribution in [0.25, 0.3) is 0 Å². The number of nitrogens with one attached hydrogen (secondary N) is 2. The molecular formula is C18H23ClN2O3S. The third-order valence-electron chi connectivity index (χ3n) is 3.77. The van der Waals surface area contributed by atoms with Crippen LogP contribution in [0.2, 0.25) is 0 Å². The number of sulfone groups is 1. The van der Waals surface area contributed by atoms with Gasteiger partial charge in [0.15, 0.2) is 9.84 Å². The fraction of sp³-hybridized carbons (Fsp3) is 0.278. The van der Waals surface area contributed by atoms with E-state index in [0.717, 1.165) is 0 Å². The Balaban J connectivity index is 0.00000312. The SMILES string of the molecule is CNC(C)CNC(=O)c1ccccc1CS(=O)(=O)c1ccccc1.Cl. The predicted molar refractivity (Wildman–Crippen MR) is 102 cm³/mol. The van der Waals surface area contributed by atoms with Gasteiger partial charge in [-0.15, -0.1) is 12.4 Å².